The van der Waals surface area contributed by atoms with Crippen LogP contribution < -0.4 is 21.3 Å². The molecule has 5 unspecified atom stereocenters. The van der Waals surface area contributed by atoms with Crippen molar-refractivity contribution in [1.82, 2.24) is 60.5 Å². The minimum absolute atomic E-state index is 0.0265. The largest absolute Gasteiger partial charge is 0.381 e. The Bertz CT molecular complexity index is 2880. The van der Waals surface area contributed by atoms with Crippen molar-refractivity contribution in [3.8, 4) is 0 Å². The molecule has 6 aliphatic rings. The molecule has 6 rings (SSSR count). The minimum Gasteiger partial charge on any atom is -0.381 e. The number of carbonyl (C=O) groups is 12. The van der Waals surface area contributed by atoms with Crippen molar-refractivity contribution in [2.24, 2.45) is 41.4 Å². The summed E-state index contributed by atoms with van der Waals surface area (Å²) in [5.41, 5.74) is -1.69. The summed E-state index contributed by atoms with van der Waals surface area (Å²) >= 11 is 2.43. The fourth-order valence-corrected chi connectivity index (χ4v) is 17.0. The molecule has 0 spiro atoms. The molecule has 3 aliphatic heterocycles. The molecule has 12 amide bonds. The van der Waals surface area contributed by atoms with Gasteiger partial charge in [0.15, 0.2) is 0 Å². The quantitative estimate of drug-likeness (QED) is 0.110. The van der Waals surface area contributed by atoms with Gasteiger partial charge in [-0.1, -0.05) is 129 Å². The molecule has 6 fully saturated rings. The Morgan fingerprint density at radius 2 is 1.22 bits per heavy atom. The van der Waals surface area contributed by atoms with Crippen LogP contribution in [0.25, 0.3) is 0 Å². The van der Waals surface area contributed by atoms with Gasteiger partial charge in [0.25, 0.3) is 0 Å². The number of nitrogens with one attached hydrogen (secondary N) is 4. The predicted octanol–water partition coefficient (Wildman–Crippen LogP) is 6.30. The summed E-state index contributed by atoms with van der Waals surface area (Å²) in [4.78, 5) is 192. The van der Waals surface area contributed by atoms with Crippen LogP contribution in [-0.2, 0) is 62.3 Å². The molecular formula is C75H127IN12O13. The van der Waals surface area contributed by atoms with Gasteiger partial charge in [-0.05, 0) is 146 Å². The number of ether oxygens (including phenoxy) is 1. The van der Waals surface area contributed by atoms with E-state index >= 15 is 28.8 Å². The van der Waals surface area contributed by atoms with Crippen molar-refractivity contribution in [2.45, 2.75) is 287 Å². The second-order valence-corrected chi connectivity index (χ2v) is 34.0. The number of halogens is 1. The Hall–Kier alpha value is -5.67. The molecular weight excluding hydrogens is 1400 g/mol. The average molecular weight is 1530 g/mol. The highest BCUT2D eigenvalue weighted by Gasteiger charge is 2.48. The maximum atomic E-state index is 15.5. The summed E-state index contributed by atoms with van der Waals surface area (Å²) in [7, 11) is 10.5. The first-order valence-electron chi connectivity index (χ1n) is 38.1. The molecule has 14 atom stereocenters. The molecule has 0 aromatic rings. The van der Waals surface area contributed by atoms with Gasteiger partial charge < -0.3 is 65.2 Å². The summed E-state index contributed by atoms with van der Waals surface area (Å²) in [6, 6.07) is -10.5. The minimum atomic E-state index is -1.69. The van der Waals surface area contributed by atoms with Crippen molar-refractivity contribution in [3.05, 3.63) is 0 Å². The summed E-state index contributed by atoms with van der Waals surface area (Å²) in [6.07, 6.45) is 13.5. The Morgan fingerprint density at radius 3 is 1.81 bits per heavy atom. The lowest BCUT2D eigenvalue weighted by Crippen LogP contribution is -2.65. The normalized spacial score (nSPS) is 32.2. The SMILES string of the molecule is CC[C@H](C)[C@@H]1NC(=O)[C@H](CC(C)C)N(C)C(=O)C[C@@H](C(=O)N2CCCCC2)N(C)C(=O)C(CC(C)C)NC(=O)C(C)(C)N(C)C(=O)[C@H](CC2CCCCC2OC)NC(=O)[C@H](CC2CCCC(I)C2)NC(=O)CN(C)C(=O)[C@H](CC2CCC(C)CC2)N(C)C(=O)[C@@H]2CCN2C(=O)[C@H](C)N(C)C1=O. The van der Waals surface area contributed by atoms with E-state index in [-0.39, 0.29) is 67.9 Å². The number of likely N-dealkylation sites (N-methyl/N-ethyl adjacent to an activating group) is 6. The number of alkyl halides is 1. The lowest BCUT2D eigenvalue weighted by Gasteiger charge is -2.45. The summed E-state index contributed by atoms with van der Waals surface area (Å²) in [5.74, 6) is -7.42. The number of methoxy groups -OCH3 is 1. The predicted molar refractivity (Wildman–Crippen MR) is 395 cm³/mol. The molecule has 3 saturated carbocycles. The topological polar surface area (TPSA) is 288 Å². The molecule has 0 bridgehead atoms. The van der Waals surface area contributed by atoms with Gasteiger partial charge in [0.2, 0.25) is 70.9 Å². The Morgan fingerprint density at radius 1 is 0.574 bits per heavy atom. The van der Waals surface area contributed by atoms with Crippen LogP contribution in [0.5, 0.6) is 0 Å². The van der Waals surface area contributed by atoms with Crippen molar-refractivity contribution in [2.75, 3.05) is 75.6 Å². The van der Waals surface area contributed by atoms with Crippen LogP contribution in [0.15, 0.2) is 0 Å². The number of nitrogens with zero attached hydrogens (tertiary/aromatic N) is 8. The van der Waals surface area contributed by atoms with E-state index in [0.29, 0.717) is 61.5 Å². The molecule has 3 aliphatic carbocycles. The van der Waals surface area contributed by atoms with Crippen molar-refractivity contribution < 1.29 is 62.3 Å². The third-order valence-corrected chi connectivity index (χ3v) is 24.6. The standard InChI is InChI=1S/C75H127IN12O13/c1-18-48(7)64-73(99)82(12)49(8)67(93)88-36-33-57(88)71(97)85(15)59(41-50-31-29-47(6)30-32-50)70(96)81(11)44-62(89)77-54(40-51-25-24-27-53(76)39-51)65(91)78-56(42-52-26-20-21-28-61(52)101-17)69(95)86(16)75(9,10)74(100)79-55(37-45(2)3)68(94)84(14)60(72(98)87-34-22-19-23-35-87)43-63(90)83(13)58(38-46(4)5)66(92)80-64/h45-61,64H,18-44H2,1-17H3,(H,77,89)(H,78,91)(H,79,100)(H,80,92)/t47?,48-,49-,50?,51?,52?,53?,54-,55?,56-,57-,58-,59-,60-,61?,64-/m0/s1. The van der Waals surface area contributed by atoms with Gasteiger partial charge in [-0.3, -0.25) is 57.5 Å². The van der Waals surface area contributed by atoms with Gasteiger partial charge in [-0.2, -0.15) is 0 Å². The first-order valence-corrected chi connectivity index (χ1v) is 39.3. The van der Waals surface area contributed by atoms with Crippen LogP contribution >= 0.6 is 22.6 Å². The highest BCUT2D eigenvalue weighted by molar-refractivity contribution is 14.1. The first kappa shape index (κ1) is 84.3. The third-order valence-electron chi connectivity index (χ3n) is 23.5. The number of hydrogen-bond donors (Lipinski definition) is 4. The fraction of sp³-hybridized carbons (Fsp3) is 0.840. The van der Waals surface area contributed by atoms with E-state index in [1.165, 1.54) is 69.5 Å². The molecule has 0 aromatic heterocycles. The zero-order valence-electron chi connectivity index (χ0n) is 64.2. The van der Waals surface area contributed by atoms with E-state index in [2.05, 4.69) is 50.8 Å². The summed E-state index contributed by atoms with van der Waals surface area (Å²) < 4.78 is 6.33. The highest BCUT2D eigenvalue weighted by atomic mass is 127. The molecule has 572 valence electrons. The Labute approximate surface area is 616 Å². The molecule has 3 saturated heterocycles. The van der Waals surface area contributed by atoms with Crippen LogP contribution in [0, 0.1) is 41.4 Å². The van der Waals surface area contributed by atoms with Crippen molar-refractivity contribution in [3.63, 3.8) is 0 Å². The molecule has 3 heterocycles. The van der Waals surface area contributed by atoms with Gasteiger partial charge in [0, 0.05) is 73.0 Å². The van der Waals surface area contributed by atoms with Gasteiger partial charge in [0.05, 0.1) is 19.1 Å². The summed E-state index contributed by atoms with van der Waals surface area (Å²) in [5, 5.41) is 12.0. The fourth-order valence-electron chi connectivity index (χ4n) is 15.9. The van der Waals surface area contributed by atoms with Gasteiger partial charge in [-0.15, -0.1) is 0 Å². The summed E-state index contributed by atoms with van der Waals surface area (Å²) in [6.45, 7) is 18.6. The van der Waals surface area contributed by atoms with Crippen LogP contribution in [0.1, 0.15) is 217 Å². The van der Waals surface area contributed by atoms with Gasteiger partial charge >= 0.3 is 0 Å². The zero-order chi connectivity index (χ0) is 75.1. The molecule has 0 radical (unpaired) electrons. The molecule has 25 nitrogen and oxygen atoms in total. The molecule has 26 heteroatoms. The van der Waals surface area contributed by atoms with Crippen molar-refractivity contribution in [1.29, 1.82) is 0 Å². The lowest BCUT2D eigenvalue weighted by atomic mass is 9.79. The number of piperidine rings is 1. The van der Waals surface area contributed by atoms with E-state index in [1.54, 1.807) is 46.8 Å². The second kappa shape index (κ2) is 38.4. The lowest BCUT2D eigenvalue weighted by molar-refractivity contribution is -0.160. The number of rotatable bonds is 14. The third kappa shape index (κ3) is 22.2. The van der Waals surface area contributed by atoms with Gasteiger partial charge in [0.1, 0.15) is 59.9 Å². The Kier molecular flexibility index (Phi) is 32.0. The van der Waals surface area contributed by atoms with Gasteiger partial charge in [-0.25, -0.2) is 0 Å². The molecule has 0 aromatic carbocycles. The number of amides is 12. The Balaban J connectivity index is 1.45. The van der Waals surface area contributed by atoms with Crippen LogP contribution in [0.4, 0.5) is 0 Å². The van der Waals surface area contributed by atoms with Crippen LogP contribution in [-0.4, -0.2) is 256 Å². The number of hydrogen-bond acceptors (Lipinski definition) is 13. The van der Waals surface area contributed by atoms with Crippen LogP contribution in [0.2, 0.25) is 0 Å². The maximum absolute atomic E-state index is 15.5. The van der Waals surface area contributed by atoms with E-state index in [0.717, 1.165) is 77.0 Å². The average Bonchev–Trinajstić information content (AvgIpc) is 0.786. The monoisotopic (exact) mass is 1530 g/mol. The van der Waals surface area contributed by atoms with E-state index in [4.69, 9.17) is 4.74 Å². The number of likely N-dealkylation sites (tertiary alicyclic amines) is 1. The number of carbonyl (C=O) groups excluding carboxylic acids is 12. The van der Waals surface area contributed by atoms with E-state index in [9.17, 15) is 28.8 Å². The highest BCUT2D eigenvalue weighted by Crippen LogP contribution is 2.36. The van der Waals surface area contributed by atoms with Crippen LogP contribution in [0.3, 0.4) is 0 Å². The molecule has 101 heavy (non-hydrogen) atoms. The van der Waals surface area contributed by atoms with E-state index in [1.807, 2.05) is 34.6 Å². The smallest absolute Gasteiger partial charge is 0.246 e. The first-order chi connectivity index (χ1) is 47.5. The van der Waals surface area contributed by atoms with Crippen molar-refractivity contribution >= 4 is 93.5 Å². The van der Waals surface area contributed by atoms with E-state index < -0.39 is 150 Å². The number of fused-ring (bicyclic) bond motifs is 1. The molecule has 4 N–H and O–H groups in total. The maximum Gasteiger partial charge on any atom is 0.246 e. The zero-order valence-corrected chi connectivity index (χ0v) is 66.4. The second-order valence-electron chi connectivity index (χ2n) is 32.3.